The zero-order valence-electron chi connectivity index (χ0n) is 16.4. The molecule has 0 unspecified atom stereocenters. The minimum atomic E-state index is -0.0278. The van der Waals surface area contributed by atoms with Gasteiger partial charge in [-0.25, -0.2) is 0 Å². The fourth-order valence-electron chi connectivity index (χ4n) is 3.45. The summed E-state index contributed by atoms with van der Waals surface area (Å²) in [5.74, 6) is 0.00510. The van der Waals surface area contributed by atoms with Crippen molar-refractivity contribution < 1.29 is 4.79 Å². The standard InChI is InChI=1S/C23H27N3O/c1-17-9-5-6-10-20(17)22(26-13-7-8-14-26)16-23(27)24-19-12-11-18(2)21(15-19)25(3)4/h5-15,22H,16H2,1-4H3,(H,24,27)/t22-/m0/s1. The van der Waals surface area contributed by atoms with Gasteiger partial charge in [0.2, 0.25) is 5.91 Å². The van der Waals surface area contributed by atoms with Gasteiger partial charge in [0, 0.05) is 37.9 Å². The van der Waals surface area contributed by atoms with E-state index in [4.69, 9.17) is 0 Å². The summed E-state index contributed by atoms with van der Waals surface area (Å²) >= 11 is 0. The normalized spacial score (nSPS) is 11.9. The maximum absolute atomic E-state index is 12.8. The van der Waals surface area contributed by atoms with E-state index < -0.39 is 0 Å². The van der Waals surface area contributed by atoms with Gasteiger partial charge >= 0.3 is 0 Å². The average molecular weight is 361 g/mol. The summed E-state index contributed by atoms with van der Waals surface area (Å²) in [4.78, 5) is 14.9. The topological polar surface area (TPSA) is 37.3 Å². The number of amides is 1. The smallest absolute Gasteiger partial charge is 0.226 e. The fraction of sp³-hybridized carbons (Fsp3) is 0.261. The highest BCUT2D eigenvalue weighted by Crippen LogP contribution is 2.27. The molecular weight excluding hydrogens is 334 g/mol. The molecule has 0 fully saturated rings. The molecule has 3 rings (SSSR count). The Balaban J connectivity index is 1.82. The number of aryl methyl sites for hydroxylation is 2. The number of aromatic nitrogens is 1. The number of nitrogens with one attached hydrogen (secondary N) is 1. The fourth-order valence-corrected chi connectivity index (χ4v) is 3.45. The molecule has 1 N–H and O–H groups in total. The third-order valence-electron chi connectivity index (χ3n) is 4.89. The largest absolute Gasteiger partial charge is 0.377 e. The molecule has 4 heteroatoms. The van der Waals surface area contributed by atoms with E-state index in [1.807, 2.05) is 69.0 Å². The summed E-state index contributed by atoms with van der Waals surface area (Å²) in [5, 5.41) is 3.07. The van der Waals surface area contributed by atoms with Crippen LogP contribution in [0.2, 0.25) is 0 Å². The summed E-state index contributed by atoms with van der Waals surface area (Å²) in [6, 6.07) is 18.2. The Morgan fingerprint density at radius 1 is 1.00 bits per heavy atom. The van der Waals surface area contributed by atoms with Crippen molar-refractivity contribution in [3.8, 4) is 0 Å². The zero-order valence-corrected chi connectivity index (χ0v) is 16.4. The van der Waals surface area contributed by atoms with Crippen LogP contribution in [0.3, 0.4) is 0 Å². The van der Waals surface area contributed by atoms with Gasteiger partial charge in [-0.2, -0.15) is 0 Å². The molecule has 0 bridgehead atoms. The molecule has 1 heterocycles. The van der Waals surface area contributed by atoms with Crippen molar-refractivity contribution in [1.29, 1.82) is 0 Å². The Bertz CT molecular complexity index is 913. The van der Waals surface area contributed by atoms with E-state index >= 15 is 0 Å². The van der Waals surface area contributed by atoms with Crippen LogP contribution in [-0.2, 0) is 4.79 Å². The number of nitrogens with zero attached hydrogens (tertiary/aromatic N) is 2. The molecule has 0 spiro atoms. The third-order valence-corrected chi connectivity index (χ3v) is 4.89. The second-order valence-electron chi connectivity index (χ2n) is 7.15. The van der Waals surface area contributed by atoms with Crippen LogP contribution in [0.1, 0.15) is 29.2 Å². The first-order chi connectivity index (χ1) is 13.0. The van der Waals surface area contributed by atoms with E-state index in [0.717, 1.165) is 11.4 Å². The Hall–Kier alpha value is -3.01. The van der Waals surface area contributed by atoms with E-state index in [1.165, 1.54) is 16.7 Å². The van der Waals surface area contributed by atoms with Gasteiger partial charge in [-0.1, -0.05) is 30.3 Å². The minimum Gasteiger partial charge on any atom is -0.377 e. The van der Waals surface area contributed by atoms with Gasteiger partial charge in [-0.3, -0.25) is 4.79 Å². The van der Waals surface area contributed by atoms with E-state index in [9.17, 15) is 4.79 Å². The van der Waals surface area contributed by atoms with E-state index in [1.54, 1.807) is 0 Å². The third kappa shape index (κ3) is 4.40. The van der Waals surface area contributed by atoms with Gasteiger partial charge in [0.25, 0.3) is 0 Å². The van der Waals surface area contributed by atoms with Crippen molar-refractivity contribution >= 4 is 17.3 Å². The lowest BCUT2D eigenvalue weighted by Crippen LogP contribution is -2.20. The molecule has 0 saturated carbocycles. The van der Waals surface area contributed by atoms with Crippen LogP contribution in [0.4, 0.5) is 11.4 Å². The van der Waals surface area contributed by atoms with E-state index in [-0.39, 0.29) is 11.9 Å². The highest BCUT2D eigenvalue weighted by atomic mass is 16.1. The Kier molecular flexibility index (Phi) is 5.65. The highest BCUT2D eigenvalue weighted by Gasteiger charge is 2.19. The number of anilines is 2. The molecule has 0 saturated heterocycles. The number of hydrogen-bond donors (Lipinski definition) is 1. The van der Waals surface area contributed by atoms with Crippen LogP contribution in [0.5, 0.6) is 0 Å². The van der Waals surface area contributed by atoms with Crippen LogP contribution < -0.4 is 10.2 Å². The first-order valence-electron chi connectivity index (χ1n) is 9.21. The summed E-state index contributed by atoms with van der Waals surface area (Å²) in [6.45, 7) is 4.16. The van der Waals surface area contributed by atoms with Crippen molar-refractivity contribution in [2.45, 2.75) is 26.3 Å². The Morgan fingerprint density at radius 3 is 2.37 bits per heavy atom. The number of benzene rings is 2. The maximum atomic E-state index is 12.8. The molecule has 140 valence electrons. The van der Waals surface area contributed by atoms with Crippen LogP contribution in [-0.4, -0.2) is 24.6 Å². The molecule has 1 atom stereocenters. The Morgan fingerprint density at radius 2 is 1.70 bits per heavy atom. The van der Waals surface area contributed by atoms with Crippen molar-refractivity contribution in [2.75, 3.05) is 24.3 Å². The highest BCUT2D eigenvalue weighted by molar-refractivity contribution is 5.92. The monoisotopic (exact) mass is 361 g/mol. The molecule has 0 radical (unpaired) electrons. The van der Waals surface area contributed by atoms with Gasteiger partial charge < -0.3 is 14.8 Å². The quantitative estimate of drug-likeness (QED) is 0.685. The van der Waals surface area contributed by atoms with Crippen LogP contribution in [0.25, 0.3) is 0 Å². The molecule has 4 nitrogen and oxygen atoms in total. The molecule has 0 aliphatic heterocycles. The molecule has 3 aromatic rings. The molecule has 1 aromatic heterocycles. The lowest BCUT2D eigenvalue weighted by molar-refractivity contribution is -0.116. The summed E-state index contributed by atoms with van der Waals surface area (Å²) in [7, 11) is 4.02. The molecular formula is C23H27N3O. The zero-order chi connectivity index (χ0) is 19.4. The lowest BCUT2D eigenvalue weighted by atomic mass is 9.98. The number of carbonyl (C=O) groups excluding carboxylic acids is 1. The summed E-state index contributed by atoms with van der Waals surface area (Å²) in [5.41, 5.74) is 5.47. The van der Waals surface area contributed by atoms with E-state index in [0.29, 0.717) is 6.42 Å². The van der Waals surface area contributed by atoms with Gasteiger partial charge in [0.05, 0.1) is 12.5 Å². The van der Waals surface area contributed by atoms with Gasteiger partial charge in [-0.05, 0) is 54.8 Å². The van der Waals surface area contributed by atoms with Crippen molar-refractivity contribution in [1.82, 2.24) is 4.57 Å². The van der Waals surface area contributed by atoms with Crippen molar-refractivity contribution in [2.24, 2.45) is 0 Å². The average Bonchev–Trinajstić information content (AvgIpc) is 3.16. The lowest BCUT2D eigenvalue weighted by Gasteiger charge is -2.22. The first-order valence-corrected chi connectivity index (χ1v) is 9.21. The second-order valence-corrected chi connectivity index (χ2v) is 7.15. The maximum Gasteiger partial charge on any atom is 0.226 e. The predicted octanol–water partition coefficient (Wildman–Crippen LogP) is 4.79. The van der Waals surface area contributed by atoms with Gasteiger partial charge in [0.15, 0.2) is 0 Å². The Labute approximate surface area is 161 Å². The van der Waals surface area contributed by atoms with Gasteiger partial charge in [-0.15, -0.1) is 0 Å². The van der Waals surface area contributed by atoms with Crippen molar-refractivity contribution in [3.63, 3.8) is 0 Å². The van der Waals surface area contributed by atoms with Crippen LogP contribution in [0, 0.1) is 13.8 Å². The van der Waals surface area contributed by atoms with Crippen LogP contribution >= 0.6 is 0 Å². The van der Waals surface area contributed by atoms with Crippen LogP contribution in [0.15, 0.2) is 67.0 Å². The van der Waals surface area contributed by atoms with Gasteiger partial charge in [0.1, 0.15) is 0 Å². The number of hydrogen-bond acceptors (Lipinski definition) is 2. The summed E-state index contributed by atoms with van der Waals surface area (Å²) in [6.07, 6.45) is 4.41. The predicted molar refractivity (Wildman–Crippen MR) is 113 cm³/mol. The SMILES string of the molecule is Cc1ccccc1[C@H](CC(=O)Nc1ccc(C)c(N(C)C)c1)n1cccc1. The molecule has 0 aliphatic carbocycles. The molecule has 0 aliphatic rings. The molecule has 27 heavy (non-hydrogen) atoms. The first kappa shape index (κ1) is 18.8. The minimum absolute atomic E-state index is 0.00510. The summed E-state index contributed by atoms with van der Waals surface area (Å²) < 4.78 is 2.10. The van der Waals surface area contributed by atoms with Crippen molar-refractivity contribution in [3.05, 3.63) is 83.7 Å². The molecule has 1 amide bonds. The van der Waals surface area contributed by atoms with E-state index in [2.05, 4.69) is 40.8 Å². The number of rotatable bonds is 6. The molecule has 2 aromatic carbocycles. The second kappa shape index (κ2) is 8.12. The number of carbonyl (C=O) groups is 1.